The summed E-state index contributed by atoms with van der Waals surface area (Å²) >= 11 is 1.40. The molecule has 0 aliphatic carbocycles. The van der Waals surface area contributed by atoms with Gasteiger partial charge in [-0.25, -0.2) is 4.98 Å². The summed E-state index contributed by atoms with van der Waals surface area (Å²) in [5.41, 5.74) is 0. The Morgan fingerprint density at radius 3 is 3.13 bits per heavy atom. The van der Waals surface area contributed by atoms with Crippen molar-refractivity contribution in [2.45, 2.75) is 19.9 Å². The number of hydrogen-bond acceptors (Lipinski definition) is 5. The molecule has 6 heteroatoms. The van der Waals surface area contributed by atoms with E-state index in [2.05, 4.69) is 19.8 Å². The fourth-order valence-electron chi connectivity index (χ4n) is 1.24. The summed E-state index contributed by atoms with van der Waals surface area (Å²) < 4.78 is 6.02. The molecule has 0 atom stereocenters. The highest BCUT2D eigenvalue weighted by atomic mass is 32.1. The number of hydrogen-bond donors (Lipinski definition) is 1. The number of anilines is 1. The van der Waals surface area contributed by atoms with Crippen molar-refractivity contribution in [1.82, 2.24) is 19.1 Å². The Labute approximate surface area is 92.3 Å². The zero-order valence-corrected chi connectivity index (χ0v) is 9.37. The van der Waals surface area contributed by atoms with Gasteiger partial charge >= 0.3 is 0 Å². The first-order valence-corrected chi connectivity index (χ1v) is 5.63. The number of aromatic nitrogens is 4. The molecular weight excluding hydrogens is 210 g/mol. The van der Waals surface area contributed by atoms with Crippen molar-refractivity contribution in [3.63, 3.8) is 0 Å². The molecule has 0 saturated heterocycles. The van der Waals surface area contributed by atoms with Gasteiger partial charge in [0.25, 0.3) is 0 Å². The Kier molecular flexibility index (Phi) is 3.29. The van der Waals surface area contributed by atoms with Crippen LogP contribution in [0.3, 0.4) is 0 Å². The average molecular weight is 223 g/mol. The van der Waals surface area contributed by atoms with Crippen LogP contribution >= 0.6 is 11.5 Å². The summed E-state index contributed by atoms with van der Waals surface area (Å²) in [5, 5.41) is 8.26. The molecule has 0 fully saturated rings. The summed E-state index contributed by atoms with van der Waals surface area (Å²) in [6.07, 6.45) is 4.79. The van der Waals surface area contributed by atoms with Gasteiger partial charge in [-0.2, -0.15) is 9.47 Å². The summed E-state index contributed by atoms with van der Waals surface area (Å²) in [5.74, 6) is 0.828. The molecule has 0 unspecified atom stereocenters. The zero-order chi connectivity index (χ0) is 10.5. The Morgan fingerprint density at radius 2 is 2.47 bits per heavy atom. The highest BCUT2D eigenvalue weighted by Crippen LogP contribution is 2.09. The van der Waals surface area contributed by atoms with Crippen LogP contribution < -0.4 is 5.32 Å². The Morgan fingerprint density at radius 1 is 1.53 bits per heavy atom. The maximum Gasteiger partial charge on any atom is 0.202 e. The number of nitrogens with one attached hydrogen (secondary N) is 1. The lowest BCUT2D eigenvalue weighted by Gasteiger charge is -2.02. The van der Waals surface area contributed by atoms with Gasteiger partial charge in [-0.1, -0.05) is 0 Å². The van der Waals surface area contributed by atoms with Crippen LogP contribution in [-0.2, 0) is 6.54 Å². The molecule has 2 rings (SSSR count). The largest absolute Gasteiger partial charge is 0.360 e. The minimum atomic E-state index is 0.828. The third-order valence-corrected chi connectivity index (χ3v) is 2.69. The standard InChI is InChI=1S/C9H13N5S/c1-8-12-9(15-13-8)10-4-2-6-14-7-3-5-11-14/h3,5,7H,2,4,6H2,1H3,(H,10,12,13). The van der Waals surface area contributed by atoms with E-state index in [0.717, 1.165) is 30.5 Å². The van der Waals surface area contributed by atoms with Gasteiger partial charge in [-0.05, 0) is 19.4 Å². The van der Waals surface area contributed by atoms with Crippen molar-refractivity contribution in [3.8, 4) is 0 Å². The van der Waals surface area contributed by atoms with Crippen molar-refractivity contribution >= 4 is 16.7 Å². The SMILES string of the molecule is Cc1nsc(NCCCn2cccn2)n1. The Balaban J connectivity index is 1.67. The second-order valence-electron chi connectivity index (χ2n) is 3.20. The van der Waals surface area contributed by atoms with Crippen LogP contribution in [-0.4, -0.2) is 25.7 Å². The van der Waals surface area contributed by atoms with E-state index < -0.39 is 0 Å². The van der Waals surface area contributed by atoms with E-state index in [1.165, 1.54) is 11.5 Å². The lowest BCUT2D eigenvalue weighted by Crippen LogP contribution is -2.06. The van der Waals surface area contributed by atoms with Gasteiger partial charge in [0.1, 0.15) is 5.82 Å². The normalized spacial score (nSPS) is 10.5. The van der Waals surface area contributed by atoms with Crippen molar-refractivity contribution in [2.24, 2.45) is 0 Å². The molecule has 2 heterocycles. The van der Waals surface area contributed by atoms with Crippen molar-refractivity contribution in [2.75, 3.05) is 11.9 Å². The lowest BCUT2D eigenvalue weighted by atomic mass is 10.4. The fraction of sp³-hybridized carbons (Fsp3) is 0.444. The second kappa shape index (κ2) is 4.88. The van der Waals surface area contributed by atoms with Crippen LogP contribution in [0.5, 0.6) is 0 Å². The minimum Gasteiger partial charge on any atom is -0.360 e. The molecule has 5 nitrogen and oxygen atoms in total. The quantitative estimate of drug-likeness (QED) is 0.781. The predicted molar refractivity (Wildman–Crippen MR) is 60.0 cm³/mol. The molecule has 2 aromatic rings. The molecule has 0 aliphatic rings. The van der Waals surface area contributed by atoms with Gasteiger partial charge in [-0.3, -0.25) is 4.68 Å². The van der Waals surface area contributed by atoms with Crippen LogP contribution in [0.1, 0.15) is 12.2 Å². The zero-order valence-electron chi connectivity index (χ0n) is 8.55. The van der Waals surface area contributed by atoms with Gasteiger partial charge in [0.2, 0.25) is 5.13 Å². The van der Waals surface area contributed by atoms with Gasteiger partial charge in [0.05, 0.1) is 0 Å². The minimum absolute atomic E-state index is 0.828. The lowest BCUT2D eigenvalue weighted by molar-refractivity contribution is 0.591. The van der Waals surface area contributed by atoms with Crippen LogP contribution in [0, 0.1) is 6.92 Å². The molecule has 0 amide bonds. The van der Waals surface area contributed by atoms with Crippen LogP contribution in [0.4, 0.5) is 5.13 Å². The molecule has 0 aliphatic heterocycles. The van der Waals surface area contributed by atoms with Gasteiger partial charge in [0, 0.05) is 37.0 Å². The molecule has 0 bridgehead atoms. The highest BCUT2D eigenvalue weighted by molar-refractivity contribution is 7.09. The van der Waals surface area contributed by atoms with E-state index in [-0.39, 0.29) is 0 Å². The van der Waals surface area contributed by atoms with Crippen LogP contribution in [0.2, 0.25) is 0 Å². The van der Waals surface area contributed by atoms with E-state index >= 15 is 0 Å². The predicted octanol–water partition coefficient (Wildman–Crippen LogP) is 1.55. The van der Waals surface area contributed by atoms with Crippen LogP contribution in [0.15, 0.2) is 18.5 Å². The average Bonchev–Trinajstić information content (AvgIpc) is 2.84. The maximum absolute atomic E-state index is 4.22. The first-order chi connectivity index (χ1) is 7.34. The van der Waals surface area contributed by atoms with E-state index in [4.69, 9.17) is 0 Å². The highest BCUT2D eigenvalue weighted by Gasteiger charge is 1.98. The first-order valence-electron chi connectivity index (χ1n) is 4.86. The molecule has 80 valence electrons. The summed E-state index contributed by atoms with van der Waals surface area (Å²) in [6, 6.07) is 1.93. The van der Waals surface area contributed by atoms with Crippen molar-refractivity contribution in [1.29, 1.82) is 0 Å². The molecule has 0 aromatic carbocycles. The molecule has 0 spiro atoms. The monoisotopic (exact) mass is 223 g/mol. The number of rotatable bonds is 5. The van der Waals surface area contributed by atoms with Gasteiger partial charge in [0.15, 0.2) is 0 Å². The smallest absolute Gasteiger partial charge is 0.202 e. The number of nitrogens with zero attached hydrogens (tertiary/aromatic N) is 4. The van der Waals surface area contributed by atoms with E-state index in [1.807, 2.05) is 23.9 Å². The van der Waals surface area contributed by atoms with Crippen LogP contribution in [0.25, 0.3) is 0 Å². The van der Waals surface area contributed by atoms with Crippen molar-refractivity contribution in [3.05, 3.63) is 24.3 Å². The Bertz CT molecular complexity index is 394. The van der Waals surface area contributed by atoms with E-state index in [9.17, 15) is 0 Å². The maximum atomic E-state index is 4.22. The third-order valence-electron chi connectivity index (χ3n) is 1.93. The summed E-state index contributed by atoms with van der Waals surface area (Å²) in [7, 11) is 0. The summed E-state index contributed by atoms with van der Waals surface area (Å²) in [4.78, 5) is 4.22. The first kappa shape index (κ1) is 10.1. The molecule has 2 aromatic heterocycles. The topological polar surface area (TPSA) is 55.6 Å². The fourth-order valence-corrected chi connectivity index (χ4v) is 1.84. The summed E-state index contributed by atoms with van der Waals surface area (Å²) in [6.45, 7) is 3.72. The Hall–Kier alpha value is -1.43. The van der Waals surface area contributed by atoms with E-state index in [1.54, 1.807) is 6.20 Å². The molecule has 0 saturated carbocycles. The molecule has 0 radical (unpaired) electrons. The van der Waals surface area contributed by atoms with Crippen molar-refractivity contribution < 1.29 is 0 Å². The molecule has 1 N–H and O–H groups in total. The van der Waals surface area contributed by atoms with Gasteiger partial charge in [-0.15, -0.1) is 0 Å². The molecular formula is C9H13N5S. The molecule has 15 heavy (non-hydrogen) atoms. The third kappa shape index (κ3) is 3.02. The number of aryl methyl sites for hydroxylation is 2. The van der Waals surface area contributed by atoms with Gasteiger partial charge < -0.3 is 5.32 Å². The second-order valence-corrected chi connectivity index (χ2v) is 3.95. The van der Waals surface area contributed by atoms with E-state index in [0.29, 0.717) is 0 Å².